The monoisotopic (exact) mass is 351 g/mol. The van der Waals surface area contributed by atoms with Gasteiger partial charge in [-0.1, -0.05) is 18.5 Å². The molecule has 0 bridgehead atoms. The fraction of sp³-hybridized carbons (Fsp3) is 0.538. The van der Waals surface area contributed by atoms with E-state index in [9.17, 15) is 16.8 Å². The van der Waals surface area contributed by atoms with Crippen LogP contribution in [0.1, 0.15) is 13.3 Å². The molecule has 0 spiro atoms. The van der Waals surface area contributed by atoms with Gasteiger partial charge in [0.05, 0.1) is 21.7 Å². The number of sulfone groups is 2. The Kier molecular flexibility index (Phi) is 4.97. The largest absolute Gasteiger partial charge is 0.312 e. The second kappa shape index (κ2) is 6.24. The molecule has 1 fully saturated rings. The minimum absolute atomic E-state index is 0.109. The first-order valence-electron chi connectivity index (χ1n) is 6.69. The standard InChI is InChI=1S/C13H18ClNO4S2/c1-2-7-15-12-8-20(16,17)9-13(12)21(18,19)11-5-3-10(14)4-6-11/h3-6,12-13,15H,2,7-9H2,1H3/t12-,13-/m0/s1. The van der Waals surface area contributed by atoms with Crippen LogP contribution in [-0.4, -0.2) is 46.2 Å². The zero-order chi connectivity index (χ0) is 15.7. The predicted octanol–water partition coefficient (Wildman–Crippen LogP) is 1.28. The summed E-state index contributed by atoms with van der Waals surface area (Å²) in [5.74, 6) is -0.468. The van der Waals surface area contributed by atoms with Gasteiger partial charge in [-0.05, 0) is 37.2 Å². The third-order valence-corrected chi connectivity index (χ3v) is 7.92. The van der Waals surface area contributed by atoms with E-state index in [0.29, 0.717) is 11.6 Å². The van der Waals surface area contributed by atoms with Crippen molar-refractivity contribution in [1.29, 1.82) is 0 Å². The average molecular weight is 352 g/mol. The molecule has 8 heteroatoms. The molecule has 5 nitrogen and oxygen atoms in total. The van der Waals surface area contributed by atoms with Crippen LogP contribution >= 0.6 is 11.6 Å². The molecule has 21 heavy (non-hydrogen) atoms. The van der Waals surface area contributed by atoms with Gasteiger partial charge in [0.2, 0.25) is 0 Å². The molecule has 0 unspecified atom stereocenters. The van der Waals surface area contributed by atoms with Crippen LogP contribution in [0.15, 0.2) is 29.2 Å². The van der Waals surface area contributed by atoms with Gasteiger partial charge in [0.15, 0.2) is 19.7 Å². The van der Waals surface area contributed by atoms with Crippen molar-refractivity contribution in [1.82, 2.24) is 5.32 Å². The maximum atomic E-state index is 12.7. The lowest BCUT2D eigenvalue weighted by Crippen LogP contribution is -2.43. The van der Waals surface area contributed by atoms with Gasteiger partial charge < -0.3 is 5.32 Å². The van der Waals surface area contributed by atoms with Crippen LogP contribution in [0.25, 0.3) is 0 Å². The van der Waals surface area contributed by atoms with Crippen molar-refractivity contribution in [2.75, 3.05) is 18.1 Å². The summed E-state index contributed by atoms with van der Waals surface area (Å²) in [4.78, 5) is 0.109. The summed E-state index contributed by atoms with van der Waals surface area (Å²) in [6, 6.07) is 5.26. The van der Waals surface area contributed by atoms with E-state index in [1.165, 1.54) is 24.3 Å². The SMILES string of the molecule is CCCN[C@H]1CS(=O)(=O)C[C@@H]1S(=O)(=O)c1ccc(Cl)cc1. The molecule has 0 radical (unpaired) electrons. The molecule has 118 valence electrons. The molecule has 1 aliphatic rings. The second-order valence-corrected chi connectivity index (χ2v) is 9.93. The zero-order valence-electron chi connectivity index (χ0n) is 11.6. The second-order valence-electron chi connectivity index (χ2n) is 5.17. The minimum Gasteiger partial charge on any atom is -0.312 e. The van der Waals surface area contributed by atoms with Crippen LogP contribution in [0.4, 0.5) is 0 Å². The Balaban J connectivity index is 2.34. The fourth-order valence-electron chi connectivity index (χ4n) is 2.44. The third kappa shape index (κ3) is 3.77. The summed E-state index contributed by atoms with van der Waals surface area (Å²) >= 11 is 5.76. The molecule has 1 N–H and O–H groups in total. The molecule has 2 atom stereocenters. The minimum atomic E-state index is -3.71. The zero-order valence-corrected chi connectivity index (χ0v) is 14.0. The van der Waals surface area contributed by atoms with Crippen molar-refractivity contribution in [2.24, 2.45) is 0 Å². The van der Waals surface area contributed by atoms with Crippen molar-refractivity contribution in [2.45, 2.75) is 29.5 Å². The number of benzene rings is 1. The normalized spacial score (nSPS) is 25.0. The molecule has 0 aliphatic carbocycles. The van der Waals surface area contributed by atoms with E-state index in [4.69, 9.17) is 11.6 Å². The van der Waals surface area contributed by atoms with E-state index >= 15 is 0 Å². The Morgan fingerprint density at radius 3 is 2.43 bits per heavy atom. The number of rotatable bonds is 5. The molecule has 0 amide bonds. The number of hydrogen-bond acceptors (Lipinski definition) is 5. The van der Waals surface area contributed by atoms with Gasteiger partial charge in [0, 0.05) is 11.1 Å². The van der Waals surface area contributed by atoms with Crippen LogP contribution in [0.5, 0.6) is 0 Å². The summed E-state index contributed by atoms with van der Waals surface area (Å²) in [6.45, 7) is 2.53. The Morgan fingerprint density at radius 2 is 1.86 bits per heavy atom. The van der Waals surface area contributed by atoms with Gasteiger partial charge >= 0.3 is 0 Å². The van der Waals surface area contributed by atoms with E-state index in [1.54, 1.807) is 0 Å². The van der Waals surface area contributed by atoms with Gasteiger partial charge in [-0.2, -0.15) is 0 Å². The first-order chi connectivity index (χ1) is 9.76. The maximum Gasteiger partial charge on any atom is 0.183 e. The molecule has 1 aromatic rings. The molecule has 1 saturated heterocycles. The molecular formula is C13H18ClNO4S2. The number of hydrogen-bond donors (Lipinski definition) is 1. The molecule has 1 aliphatic heterocycles. The lowest BCUT2D eigenvalue weighted by molar-refractivity contribution is 0.525. The van der Waals surface area contributed by atoms with E-state index in [-0.39, 0.29) is 16.4 Å². The van der Waals surface area contributed by atoms with Crippen molar-refractivity contribution in [3.05, 3.63) is 29.3 Å². The Morgan fingerprint density at radius 1 is 1.24 bits per heavy atom. The van der Waals surface area contributed by atoms with Gasteiger partial charge in [-0.25, -0.2) is 16.8 Å². The number of nitrogens with one attached hydrogen (secondary N) is 1. The molecule has 0 saturated carbocycles. The fourth-order valence-corrected chi connectivity index (χ4v) is 7.28. The average Bonchev–Trinajstić information content (AvgIpc) is 2.73. The highest BCUT2D eigenvalue weighted by Gasteiger charge is 2.45. The van der Waals surface area contributed by atoms with Gasteiger partial charge in [-0.15, -0.1) is 0 Å². The van der Waals surface area contributed by atoms with Crippen molar-refractivity contribution in [3.63, 3.8) is 0 Å². The van der Waals surface area contributed by atoms with Crippen LogP contribution < -0.4 is 5.32 Å². The summed E-state index contributed by atoms with van der Waals surface area (Å²) < 4.78 is 49.0. The Hall–Kier alpha value is -0.630. The van der Waals surface area contributed by atoms with E-state index in [2.05, 4.69) is 5.32 Å². The summed E-state index contributed by atoms with van der Waals surface area (Å²) in [6.07, 6.45) is 0.810. The highest BCUT2D eigenvalue weighted by Crippen LogP contribution is 2.26. The number of halogens is 1. The lowest BCUT2D eigenvalue weighted by Gasteiger charge is -2.19. The van der Waals surface area contributed by atoms with Crippen molar-refractivity contribution >= 4 is 31.3 Å². The van der Waals surface area contributed by atoms with Crippen molar-refractivity contribution in [3.8, 4) is 0 Å². The molecular weight excluding hydrogens is 334 g/mol. The Bertz CT molecular complexity index is 698. The molecule has 0 aromatic heterocycles. The molecule has 2 rings (SSSR count). The van der Waals surface area contributed by atoms with E-state index in [0.717, 1.165) is 6.42 Å². The first kappa shape index (κ1) is 16.7. The lowest BCUT2D eigenvalue weighted by atomic mass is 10.2. The molecule has 1 aromatic carbocycles. The quantitative estimate of drug-likeness (QED) is 0.864. The predicted molar refractivity (Wildman–Crippen MR) is 83.2 cm³/mol. The Labute approximate surface area is 130 Å². The third-order valence-electron chi connectivity index (χ3n) is 3.50. The van der Waals surface area contributed by atoms with Crippen LogP contribution in [0.3, 0.4) is 0 Å². The highest BCUT2D eigenvalue weighted by molar-refractivity contribution is 7.96. The smallest absolute Gasteiger partial charge is 0.183 e. The van der Waals surface area contributed by atoms with Gasteiger partial charge in [-0.3, -0.25) is 0 Å². The highest BCUT2D eigenvalue weighted by atomic mass is 35.5. The van der Waals surface area contributed by atoms with E-state index in [1.807, 2.05) is 6.92 Å². The first-order valence-corrected chi connectivity index (χ1v) is 10.4. The topological polar surface area (TPSA) is 80.3 Å². The summed E-state index contributed by atoms with van der Waals surface area (Å²) in [5.41, 5.74) is 0. The molecule has 1 heterocycles. The van der Waals surface area contributed by atoms with Gasteiger partial charge in [0.1, 0.15) is 0 Å². The van der Waals surface area contributed by atoms with Crippen molar-refractivity contribution < 1.29 is 16.8 Å². The van der Waals surface area contributed by atoms with Crippen LogP contribution in [0, 0.1) is 0 Å². The summed E-state index contributed by atoms with van der Waals surface area (Å²) in [7, 11) is -7.05. The maximum absolute atomic E-state index is 12.7. The van der Waals surface area contributed by atoms with Crippen LogP contribution in [-0.2, 0) is 19.7 Å². The van der Waals surface area contributed by atoms with E-state index < -0.39 is 31.0 Å². The van der Waals surface area contributed by atoms with Gasteiger partial charge in [0.25, 0.3) is 0 Å². The summed E-state index contributed by atoms with van der Waals surface area (Å²) in [5, 5.41) is 2.53. The van der Waals surface area contributed by atoms with Crippen LogP contribution in [0.2, 0.25) is 5.02 Å².